The van der Waals surface area contributed by atoms with Crippen LogP contribution in [0, 0.1) is 6.92 Å². The van der Waals surface area contributed by atoms with Crippen molar-refractivity contribution < 1.29 is 18.0 Å². The summed E-state index contributed by atoms with van der Waals surface area (Å²) < 4.78 is 26.5. The smallest absolute Gasteiger partial charge is 0.244 e. The van der Waals surface area contributed by atoms with Crippen molar-refractivity contribution in [1.29, 1.82) is 0 Å². The summed E-state index contributed by atoms with van der Waals surface area (Å²) in [5.41, 5.74) is 3.38. The molecule has 2 amide bonds. The SMILES string of the molecule is CC[C@H](C)NC(=O)[C@H](C)N(Cc1ccccc1C)C(=O)CN(c1ccc(C(C)C)cc1)S(C)(=O)=O. The van der Waals surface area contributed by atoms with Crippen molar-refractivity contribution in [2.45, 2.75) is 72.5 Å². The summed E-state index contributed by atoms with van der Waals surface area (Å²) in [4.78, 5) is 28.0. The summed E-state index contributed by atoms with van der Waals surface area (Å²) >= 11 is 0. The third-order valence-electron chi connectivity index (χ3n) is 6.30. The van der Waals surface area contributed by atoms with Gasteiger partial charge in [-0.1, -0.05) is 57.2 Å². The van der Waals surface area contributed by atoms with Crippen LogP contribution >= 0.6 is 0 Å². The number of amides is 2. The summed E-state index contributed by atoms with van der Waals surface area (Å²) in [5.74, 6) is -0.418. The lowest BCUT2D eigenvalue weighted by Gasteiger charge is -2.32. The van der Waals surface area contributed by atoms with Crippen LogP contribution in [0.2, 0.25) is 0 Å². The second kappa shape index (κ2) is 12.2. The van der Waals surface area contributed by atoms with Gasteiger partial charge in [0.05, 0.1) is 11.9 Å². The van der Waals surface area contributed by atoms with Crippen molar-refractivity contribution in [3.8, 4) is 0 Å². The molecule has 2 aromatic rings. The topological polar surface area (TPSA) is 86.8 Å². The summed E-state index contributed by atoms with van der Waals surface area (Å²) in [6, 6.07) is 14.0. The maximum Gasteiger partial charge on any atom is 0.244 e. The van der Waals surface area contributed by atoms with Crippen LogP contribution in [-0.2, 0) is 26.2 Å². The fourth-order valence-corrected chi connectivity index (χ4v) is 4.51. The highest BCUT2D eigenvalue weighted by Crippen LogP contribution is 2.23. The normalized spacial score (nSPS) is 13.3. The van der Waals surface area contributed by atoms with E-state index in [0.29, 0.717) is 11.6 Å². The van der Waals surface area contributed by atoms with Crippen LogP contribution in [0.3, 0.4) is 0 Å². The largest absolute Gasteiger partial charge is 0.352 e. The van der Waals surface area contributed by atoms with E-state index in [-0.39, 0.29) is 18.5 Å². The maximum atomic E-state index is 13.6. The van der Waals surface area contributed by atoms with Gasteiger partial charge in [-0.3, -0.25) is 13.9 Å². The van der Waals surface area contributed by atoms with E-state index in [0.717, 1.165) is 33.7 Å². The molecule has 0 radical (unpaired) electrons. The molecule has 0 heterocycles. The first-order chi connectivity index (χ1) is 16.3. The number of rotatable bonds is 11. The zero-order chi connectivity index (χ0) is 26.3. The van der Waals surface area contributed by atoms with Gasteiger partial charge in [-0.05, 0) is 61.9 Å². The second-order valence-electron chi connectivity index (χ2n) is 9.46. The molecular formula is C27H39N3O4S. The Morgan fingerprint density at radius 1 is 0.971 bits per heavy atom. The number of carbonyl (C=O) groups is 2. The molecular weight excluding hydrogens is 462 g/mol. The van der Waals surface area contributed by atoms with E-state index >= 15 is 0 Å². The van der Waals surface area contributed by atoms with Gasteiger partial charge in [0, 0.05) is 12.6 Å². The molecule has 35 heavy (non-hydrogen) atoms. The first-order valence-electron chi connectivity index (χ1n) is 12.1. The van der Waals surface area contributed by atoms with Crippen LogP contribution in [0.1, 0.15) is 63.6 Å². The second-order valence-corrected chi connectivity index (χ2v) is 11.4. The Kier molecular flexibility index (Phi) is 9.89. The fraction of sp³-hybridized carbons (Fsp3) is 0.481. The predicted molar refractivity (Wildman–Crippen MR) is 142 cm³/mol. The first kappa shape index (κ1) is 28.4. The third kappa shape index (κ3) is 7.82. The highest BCUT2D eigenvalue weighted by molar-refractivity contribution is 7.92. The zero-order valence-electron chi connectivity index (χ0n) is 21.9. The van der Waals surface area contributed by atoms with Crippen LogP contribution in [0.4, 0.5) is 5.69 Å². The molecule has 1 N–H and O–H groups in total. The van der Waals surface area contributed by atoms with E-state index in [1.165, 1.54) is 4.90 Å². The Morgan fingerprint density at radius 3 is 2.09 bits per heavy atom. The first-order valence-corrected chi connectivity index (χ1v) is 13.9. The van der Waals surface area contributed by atoms with Gasteiger partial charge in [0.2, 0.25) is 21.8 Å². The van der Waals surface area contributed by atoms with E-state index in [2.05, 4.69) is 19.2 Å². The van der Waals surface area contributed by atoms with E-state index in [9.17, 15) is 18.0 Å². The minimum Gasteiger partial charge on any atom is -0.352 e. The highest BCUT2D eigenvalue weighted by Gasteiger charge is 2.30. The van der Waals surface area contributed by atoms with E-state index in [1.54, 1.807) is 19.1 Å². The molecule has 8 heteroatoms. The monoisotopic (exact) mass is 501 g/mol. The van der Waals surface area contributed by atoms with Crippen LogP contribution in [0.25, 0.3) is 0 Å². The minimum absolute atomic E-state index is 0.0349. The van der Waals surface area contributed by atoms with Gasteiger partial charge in [0.25, 0.3) is 0 Å². The number of sulfonamides is 1. The molecule has 0 aromatic heterocycles. The van der Waals surface area contributed by atoms with Crippen LogP contribution in [0.5, 0.6) is 0 Å². The molecule has 0 aliphatic heterocycles. The van der Waals surface area contributed by atoms with Crippen molar-refractivity contribution >= 4 is 27.5 Å². The van der Waals surface area contributed by atoms with Gasteiger partial charge in [0.1, 0.15) is 12.6 Å². The Balaban J connectivity index is 2.40. The van der Waals surface area contributed by atoms with Gasteiger partial charge in [-0.2, -0.15) is 0 Å². The molecule has 0 aliphatic carbocycles. The summed E-state index contributed by atoms with van der Waals surface area (Å²) in [7, 11) is -3.74. The quantitative estimate of drug-likeness (QED) is 0.500. The molecule has 2 rings (SSSR count). The molecule has 0 saturated heterocycles. The average molecular weight is 502 g/mol. The van der Waals surface area contributed by atoms with Crippen molar-refractivity contribution in [2.75, 3.05) is 17.1 Å². The highest BCUT2D eigenvalue weighted by atomic mass is 32.2. The average Bonchev–Trinajstić information content (AvgIpc) is 2.80. The predicted octanol–water partition coefficient (Wildman–Crippen LogP) is 4.22. The number of benzene rings is 2. The standard InChI is InChI=1S/C27H39N3O4S/c1-8-21(5)28-27(32)22(6)29(17-24-12-10-9-11-20(24)4)26(31)18-30(35(7,33)34)25-15-13-23(14-16-25)19(2)3/h9-16,19,21-22H,8,17-18H2,1-7H3,(H,28,32)/t21-,22-/m0/s1. The van der Waals surface area contributed by atoms with Crippen molar-refractivity contribution in [3.05, 3.63) is 65.2 Å². The van der Waals surface area contributed by atoms with Crippen molar-refractivity contribution in [1.82, 2.24) is 10.2 Å². The molecule has 0 fully saturated rings. The van der Waals surface area contributed by atoms with Crippen molar-refractivity contribution in [2.24, 2.45) is 0 Å². The molecule has 0 unspecified atom stereocenters. The molecule has 192 valence electrons. The number of nitrogens with one attached hydrogen (secondary N) is 1. The molecule has 0 spiro atoms. The van der Waals surface area contributed by atoms with Crippen LogP contribution < -0.4 is 9.62 Å². The zero-order valence-corrected chi connectivity index (χ0v) is 22.7. The lowest BCUT2D eigenvalue weighted by atomic mass is 10.0. The molecule has 0 aliphatic rings. The van der Waals surface area contributed by atoms with Crippen LogP contribution in [-0.4, -0.2) is 50.0 Å². The minimum atomic E-state index is -3.74. The van der Waals surface area contributed by atoms with Crippen molar-refractivity contribution in [3.63, 3.8) is 0 Å². The Morgan fingerprint density at radius 2 is 1.57 bits per heavy atom. The van der Waals surface area contributed by atoms with Gasteiger partial charge in [-0.15, -0.1) is 0 Å². The Labute approximate surface area is 210 Å². The summed E-state index contributed by atoms with van der Waals surface area (Å²) in [6.07, 6.45) is 1.85. The molecule has 0 bridgehead atoms. The van der Waals surface area contributed by atoms with Gasteiger partial charge >= 0.3 is 0 Å². The molecule has 2 aromatic carbocycles. The summed E-state index contributed by atoms with van der Waals surface area (Å²) in [6.45, 7) is 11.4. The lowest BCUT2D eigenvalue weighted by Crippen LogP contribution is -2.52. The summed E-state index contributed by atoms with van der Waals surface area (Å²) in [5, 5.41) is 2.93. The lowest BCUT2D eigenvalue weighted by molar-refractivity contribution is -0.139. The van der Waals surface area contributed by atoms with Gasteiger partial charge in [0.15, 0.2) is 0 Å². The van der Waals surface area contributed by atoms with E-state index < -0.39 is 28.5 Å². The van der Waals surface area contributed by atoms with Gasteiger partial charge in [-0.25, -0.2) is 8.42 Å². The maximum absolute atomic E-state index is 13.6. The molecule has 0 saturated carbocycles. The number of hydrogen-bond acceptors (Lipinski definition) is 4. The molecule has 2 atom stereocenters. The number of hydrogen-bond donors (Lipinski definition) is 1. The van der Waals surface area contributed by atoms with E-state index in [1.807, 2.05) is 57.2 Å². The molecule has 7 nitrogen and oxygen atoms in total. The number of anilines is 1. The number of aryl methyl sites for hydroxylation is 1. The number of carbonyl (C=O) groups excluding carboxylic acids is 2. The van der Waals surface area contributed by atoms with E-state index in [4.69, 9.17) is 0 Å². The fourth-order valence-electron chi connectivity index (χ4n) is 3.66. The third-order valence-corrected chi connectivity index (χ3v) is 7.44. The van der Waals surface area contributed by atoms with Crippen LogP contribution in [0.15, 0.2) is 48.5 Å². The van der Waals surface area contributed by atoms with Gasteiger partial charge < -0.3 is 10.2 Å². The Hall–Kier alpha value is -2.87. The Bertz CT molecular complexity index is 1110. The number of nitrogens with zero attached hydrogens (tertiary/aromatic N) is 2.